The molecular formula is C29H34IN8O6PS. The van der Waals surface area contributed by atoms with Crippen LogP contribution in [0.15, 0.2) is 60.8 Å². The lowest BCUT2D eigenvalue weighted by Gasteiger charge is -2.20. The first kappa shape index (κ1) is 35.1. The van der Waals surface area contributed by atoms with Gasteiger partial charge in [0.05, 0.1) is 24.6 Å². The van der Waals surface area contributed by atoms with Crippen molar-refractivity contribution in [2.45, 2.75) is 31.8 Å². The second kappa shape index (κ2) is 16.7. The number of esters is 1. The van der Waals surface area contributed by atoms with Crippen LogP contribution in [0.5, 0.6) is 5.75 Å². The van der Waals surface area contributed by atoms with Gasteiger partial charge in [-0.15, -0.1) is 0 Å². The molecule has 0 saturated carbocycles. The van der Waals surface area contributed by atoms with Crippen LogP contribution in [0.2, 0.25) is 0 Å². The molecule has 17 heteroatoms. The Morgan fingerprint density at radius 2 is 1.83 bits per heavy atom. The zero-order valence-electron chi connectivity index (χ0n) is 24.9. The second-order valence-corrected chi connectivity index (χ2v) is 14.6. The van der Waals surface area contributed by atoms with Gasteiger partial charge in [-0.2, -0.15) is 9.97 Å². The molecule has 2 heterocycles. The van der Waals surface area contributed by atoms with Gasteiger partial charge in [-0.25, -0.2) is 19.3 Å². The van der Waals surface area contributed by atoms with Crippen molar-refractivity contribution in [1.82, 2.24) is 25.3 Å². The average Bonchev–Trinajstić information content (AvgIpc) is 3.03. The normalized spacial score (nSPS) is 13.0. The van der Waals surface area contributed by atoms with Gasteiger partial charge >= 0.3 is 13.6 Å². The van der Waals surface area contributed by atoms with Gasteiger partial charge in [-0.1, -0.05) is 33.6 Å². The van der Waals surface area contributed by atoms with E-state index in [1.165, 1.54) is 8.93 Å². The Morgan fingerprint density at radius 1 is 1.09 bits per heavy atom. The van der Waals surface area contributed by atoms with E-state index in [9.17, 15) is 19.0 Å². The van der Waals surface area contributed by atoms with E-state index in [2.05, 4.69) is 46.5 Å². The van der Waals surface area contributed by atoms with E-state index in [4.69, 9.17) is 20.7 Å². The van der Waals surface area contributed by atoms with Crippen molar-refractivity contribution in [3.05, 3.63) is 72.1 Å². The number of nitrogen functional groups attached to an aromatic ring is 2. The van der Waals surface area contributed by atoms with E-state index >= 15 is 0 Å². The summed E-state index contributed by atoms with van der Waals surface area (Å²) in [6, 6.07) is 14.3. The highest BCUT2D eigenvalue weighted by Crippen LogP contribution is 2.43. The highest BCUT2D eigenvalue weighted by Gasteiger charge is 2.25. The number of anilines is 3. The Hall–Kier alpha value is -3.73. The van der Waals surface area contributed by atoms with Crippen LogP contribution in [0, 0.1) is 0 Å². The molecule has 4 aromatic rings. The van der Waals surface area contributed by atoms with Crippen molar-refractivity contribution in [3.8, 4) is 5.75 Å². The Bertz CT molecular complexity index is 1690. The number of fused-ring (bicyclic) bond motifs is 1. The summed E-state index contributed by atoms with van der Waals surface area (Å²) in [5.74, 6) is 0.0672. The number of nitrogens with two attached hydrogens (primary N) is 2. The first-order chi connectivity index (χ1) is 22.0. The van der Waals surface area contributed by atoms with Crippen molar-refractivity contribution in [1.29, 1.82) is 0 Å². The van der Waals surface area contributed by atoms with Crippen molar-refractivity contribution in [2.24, 2.45) is 0 Å². The van der Waals surface area contributed by atoms with E-state index in [-0.39, 0.29) is 31.0 Å². The third-order valence-corrected chi connectivity index (χ3v) is 9.66. The van der Waals surface area contributed by atoms with Crippen LogP contribution >= 0.6 is 37.7 Å². The summed E-state index contributed by atoms with van der Waals surface area (Å²) >= 11 is 2.11. The smallest absolute Gasteiger partial charge is 0.376 e. The van der Waals surface area contributed by atoms with E-state index in [0.29, 0.717) is 53.3 Å². The molecule has 1 amide bonds. The van der Waals surface area contributed by atoms with Crippen molar-refractivity contribution in [2.75, 3.05) is 41.9 Å². The van der Waals surface area contributed by atoms with Gasteiger partial charge in [0.1, 0.15) is 18.4 Å². The molecule has 0 bridgehead atoms. The maximum Gasteiger partial charge on any atom is 0.376 e. The highest BCUT2D eigenvalue weighted by molar-refractivity contribution is 14.2. The zero-order valence-corrected chi connectivity index (χ0v) is 28.8. The molecule has 0 saturated heterocycles. The van der Waals surface area contributed by atoms with Crippen molar-refractivity contribution >= 4 is 78.2 Å². The van der Waals surface area contributed by atoms with E-state index in [1.807, 2.05) is 11.9 Å². The molecule has 0 aliphatic carbocycles. The first-order valence-electron chi connectivity index (χ1n) is 14.2. The molecule has 0 aliphatic heterocycles. The average molecular weight is 781 g/mol. The van der Waals surface area contributed by atoms with Gasteiger partial charge in [-0.05, 0) is 70.4 Å². The number of halogens is 1. The van der Waals surface area contributed by atoms with Crippen LogP contribution in [-0.4, -0.2) is 68.3 Å². The Labute approximate surface area is 282 Å². The number of unbranched alkanes of at least 4 members (excludes halogenated alkanes) is 1. The van der Waals surface area contributed by atoms with Crippen LogP contribution in [0.1, 0.15) is 35.3 Å². The van der Waals surface area contributed by atoms with Gasteiger partial charge in [0.25, 0.3) is 5.91 Å². The molecule has 14 nitrogen and oxygen atoms in total. The van der Waals surface area contributed by atoms with E-state index < -0.39 is 25.5 Å². The minimum absolute atomic E-state index is 0.0228. The number of hydrogen-bond donors (Lipinski definition) is 4. The number of rotatable bonds is 16. The third-order valence-electron chi connectivity index (χ3n) is 6.64. The summed E-state index contributed by atoms with van der Waals surface area (Å²) in [5, 5.41) is 2.76. The number of hydrogen-bond acceptors (Lipinski definition) is 13. The SMILES string of the molecule is CN(Cc1cnc2nc(N)nc(N)c2n1)c1ccc(C(=O)NC(CCCCP(=O)(O)Oc2ccccc2)C(=O)OCCSI)cc1. The highest BCUT2D eigenvalue weighted by atomic mass is 127. The largest absolute Gasteiger partial charge is 0.463 e. The van der Waals surface area contributed by atoms with E-state index in [0.717, 1.165) is 5.69 Å². The molecule has 6 N–H and O–H groups in total. The quantitative estimate of drug-likeness (QED) is 0.0539. The molecule has 2 unspecified atom stereocenters. The number of para-hydroxylation sites is 1. The maximum atomic E-state index is 13.1. The van der Waals surface area contributed by atoms with Crippen molar-refractivity contribution < 1.29 is 28.3 Å². The van der Waals surface area contributed by atoms with Crippen LogP contribution < -0.4 is 26.2 Å². The molecule has 2 atom stereocenters. The van der Waals surface area contributed by atoms with Crippen LogP contribution in [0.25, 0.3) is 11.2 Å². The Balaban J connectivity index is 1.34. The van der Waals surface area contributed by atoms with Gasteiger partial charge < -0.3 is 35.8 Å². The summed E-state index contributed by atoms with van der Waals surface area (Å²) in [7, 11) is -0.517. The Kier molecular flexibility index (Phi) is 12.8. The summed E-state index contributed by atoms with van der Waals surface area (Å²) in [4.78, 5) is 54.9. The number of carbonyl (C=O) groups is 2. The molecule has 0 fully saturated rings. The molecule has 0 aliphatic rings. The predicted octanol–water partition coefficient (Wildman–Crippen LogP) is 4.38. The first-order valence-corrected chi connectivity index (χ1v) is 19.5. The fourth-order valence-electron chi connectivity index (χ4n) is 4.38. The molecule has 4 rings (SSSR count). The summed E-state index contributed by atoms with van der Waals surface area (Å²) < 4.78 is 23.1. The van der Waals surface area contributed by atoms with Crippen LogP contribution in [0.4, 0.5) is 17.5 Å². The molecule has 244 valence electrons. The van der Waals surface area contributed by atoms with Gasteiger partial charge in [0.2, 0.25) is 5.95 Å². The number of amides is 1. The predicted molar refractivity (Wildman–Crippen MR) is 187 cm³/mol. The molecular weight excluding hydrogens is 746 g/mol. The second-order valence-electron chi connectivity index (χ2n) is 10.2. The maximum absolute atomic E-state index is 13.1. The van der Waals surface area contributed by atoms with E-state index in [1.54, 1.807) is 60.8 Å². The fourth-order valence-corrected chi connectivity index (χ4v) is 6.23. The van der Waals surface area contributed by atoms with Crippen molar-refractivity contribution in [3.63, 3.8) is 0 Å². The Morgan fingerprint density at radius 3 is 2.54 bits per heavy atom. The lowest BCUT2D eigenvalue weighted by molar-refractivity contribution is -0.145. The summed E-state index contributed by atoms with van der Waals surface area (Å²) in [6.45, 7) is 0.588. The third kappa shape index (κ3) is 10.4. The van der Waals surface area contributed by atoms with Gasteiger partial charge in [-0.3, -0.25) is 4.79 Å². The van der Waals surface area contributed by atoms with Crippen LogP contribution in [-0.2, 0) is 20.6 Å². The zero-order chi connectivity index (χ0) is 33.1. The fraction of sp³-hybridized carbons (Fsp3) is 0.310. The number of ether oxygens (including phenoxy) is 1. The molecule has 2 aromatic carbocycles. The minimum Gasteiger partial charge on any atom is -0.463 e. The number of benzene rings is 2. The number of aromatic nitrogens is 4. The summed E-state index contributed by atoms with van der Waals surface area (Å²) in [5.41, 5.74) is 14.0. The number of carbonyl (C=O) groups excluding carboxylic acids is 2. The summed E-state index contributed by atoms with van der Waals surface area (Å²) in [6.07, 6.45) is 2.40. The number of nitrogens with one attached hydrogen (secondary N) is 1. The topological polar surface area (TPSA) is 209 Å². The molecule has 46 heavy (non-hydrogen) atoms. The van der Waals surface area contributed by atoms with Crippen LogP contribution in [0.3, 0.4) is 0 Å². The van der Waals surface area contributed by atoms with Gasteiger partial charge in [0.15, 0.2) is 17.0 Å². The lowest BCUT2D eigenvalue weighted by atomic mass is 10.1. The monoisotopic (exact) mass is 780 g/mol. The van der Waals surface area contributed by atoms with Gasteiger partial charge in [0, 0.05) is 24.1 Å². The molecule has 0 spiro atoms. The minimum atomic E-state index is -3.88. The number of nitrogens with zero attached hydrogens (tertiary/aromatic N) is 5. The standard InChI is InChI=1S/C29H34IN8O6PS/c1-38(18-20-17-33-26-24(34-20)25(31)36-29(32)37-26)21-12-10-19(11-13-21)27(39)35-23(28(40)43-14-16-46-30)9-5-6-15-45(41,42)44-22-7-3-2-4-8-22/h2-4,7-8,10-13,17,23H,5-6,9,14-16,18H2,1H3,(H,35,39)(H,41,42)(H4,31,32,33,36,37). The molecule has 0 radical (unpaired) electrons. The molecule has 2 aromatic heterocycles. The lowest BCUT2D eigenvalue weighted by Crippen LogP contribution is -2.42.